The highest BCUT2D eigenvalue weighted by Crippen LogP contribution is 2.39. The first-order valence-electron chi connectivity index (χ1n) is 7.43. The molecule has 1 atom stereocenters. The molecule has 0 saturated carbocycles. The van der Waals surface area contributed by atoms with Crippen molar-refractivity contribution in [2.45, 2.75) is 13.0 Å². The largest absolute Gasteiger partial charge is 0.368 e. The van der Waals surface area contributed by atoms with Crippen LogP contribution in [0, 0.1) is 0 Å². The fourth-order valence-electron chi connectivity index (χ4n) is 3.10. The SMILES string of the molecule is CCN1CCN(c2cc3c(cc2Br)C(NC)C(=O)N3)CC1. The van der Waals surface area contributed by atoms with Crippen LogP contribution in [0.2, 0.25) is 0 Å². The first-order chi connectivity index (χ1) is 10.1. The molecule has 6 heteroatoms. The minimum absolute atomic E-state index is 0.0207. The Morgan fingerprint density at radius 1 is 1.33 bits per heavy atom. The van der Waals surface area contributed by atoms with E-state index in [4.69, 9.17) is 0 Å². The number of amides is 1. The highest BCUT2D eigenvalue weighted by Gasteiger charge is 2.31. The van der Waals surface area contributed by atoms with Crippen molar-refractivity contribution in [2.75, 3.05) is 50.0 Å². The van der Waals surface area contributed by atoms with Gasteiger partial charge in [0.2, 0.25) is 5.91 Å². The lowest BCUT2D eigenvalue weighted by Crippen LogP contribution is -2.46. The van der Waals surface area contributed by atoms with Gasteiger partial charge in [-0.2, -0.15) is 0 Å². The van der Waals surface area contributed by atoms with Crippen molar-refractivity contribution in [3.63, 3.8) is 0 Å². The van der Waals surface area contributed by atoms with Crippen molar-refractivity contribution in [1.29, 1.82) is 0 Å². The maximum atomic E-state index is 11.9. The second-order valence-electron chi connectivity index (χ2n) is 5.52. The third kappa shape index (κ3) is 2.67. The van der Waals surface area contributed by atoms with Gasteiger partial charge in [-0.1, -0.05) is 6.92 Å². The Morgan fingerprint density at radius 2 is 2.05 bits per heavy atom. The van der Waals surface area contributed by atoms with Crippen molar-refractivity contribution in [3.05, 3.63) is 22.2 Å². The van der Waals surface area contributed by atoms with E-state index in [1.807, 2.05) is 7.05 Å². The molecule has 3 rings (SSSR count). The minimum atomic E-state index is -0.248. The smallest absolute Gasteiger partial charge is 0.246 e. The monoisotopic (exact) mass is 352 g/mol. The summed E-state index contributed by atoms with van der Waals surface area (Å²) in [4.78, 5) is 16.8. The molecule has 1 aromatic rings. The Balaban J connectivity index is 1.86. The van der Waals surface area contributed by atoms with Crippen LogP contribution in [0.1, 0.15) is 18.5 Å². The highest BCUT2D eigenvalue weighted by atomic mass is 79.9. The molecule has 2 aliphatic rings. The van der Waals surface area contributed by atoms with Gasteiger partial charge < -0.3 is 20.4 Å². The summed E-state index contributed by atoms with van der Waals surface area (Å²) in [5.74, 6) is 0.0207. The Morgan fingerprint density at radius 3 is 2.67 bits per heavy atom. The number of carbonyl (C=O) groups excluding carboxylic acids is 1. The fourth-order valence-corrected chi connectivity index (χ4v) is 3.72. The number of likely N-dealkylation sites (N-methyl/N-ethyl adjacent to an activating group) is 2. The van der Waals surface area contributed by atoms with Gasteiger partial charge in [0, 0.05) is 41.9 Å². The quantitative estimate of drug-likeness (QED) is 0.870. The van der Waals surface area contributed by atoms with Gasteiger partial charge >= 0.3 is 0 Å². The van der Waals surface area contributed by atoms with Crippen molar-refractivity contribution >= 4 is 33.2 Å². The first kappa shape index (κ1) is 14.8. The van der Waals surface area contributed by atoms with Crippen molar-refractivity contribution in [1.82, 2.24) is 10.2 Å². The van der Waals surface area contributed by atoms with Gasteiger partial charge in [-0.3, -0.25) is 4.79 Å². The van der Waals surface area contributed by atoms with Crippen LogP contribution in [-0.4, -0.2) is 50.6 Å². The molecule has 1 amide bonds. The number of rotatable bonds is 3. The normalized spacial score (nSPS) is 22.3. The molecule has 1 fully saturated rings. The number of hydrogen-bond acceptors (Lipinski definition) is 4. The summed E-state index contributed by atoms with van der Waals surface area (Å²) in [7, 11) is 1.81. The van der Waals surface area contributed by atoms with E-state index in [1.54, 1.807) is 0 Å². The van der Waals surface area contributed by atoms with Crippen LogP contribution in [0.4, 0.5) is 11.4 Å². The maximum absolute atomic E-state index is 11.9. The zero-order valence-electron chi connectivity index (χ0n) is 12.4. The molecule has 2 heterocycles. The topological polar surface area (TPSA) is 47.6 Å². The summed E-state index contributed by atoms with van der Waals surface area (Å²) < 4.78 is 1.06. The van der Waals surface area contributed by atoms with Crippen LogP contribution >= 0.6 is 15.9 Å². The Labute approximate surface area is 133 Å². The third-order valence-corrected chi connectivity index (χ3v) is 5.03. The number of benzene rings is 1. The highest BCUT2D eigenvalue weighted by molar-refractivity contribution is 9.10. The predicted molar refractivity (Wildman–Crippen MR) is 88.9 cm³/mol. The molecule has 2 N–H and O–H groups in total. The average Bonchev–Trinajstić information content (AvgIpc) is 2.81. The Hall–Kier alpha value is -1.11. The molecule has 0 radical (unpaired) electrons. The predicted octanol–water partition coefficient (Wildman–Crippen LogP) is 1.80. The molecular formula is C15H21BrN4O. The molecule has 0 aliphatic carbocycles. The van der Waals surface area contributed by atoms with E-state index >= 15 is 0 Å². The van der Waals surface area contributed by atoms with Crippen LogP contribution in [0.5, 0.6) is 0 Å². The first-order valence-corrected chi connectivity index (χ1v) is 8.22. The lowest BCUT2D eigenvalue weighted by molar-refractivity contribution is -0.117. The van der Waals surface area contributed by atoms with Crippen molar-refractivity contribution in [2.24, 2.45) is 0 Å². The zero-order valence-corrected chi connectivity index (χ0v) is 14.0. The maximum Gasteiger partial charge on any atom is 0.246 e. The molecule has 114 valence electrons. The summed E-state index contributed by atoms with van der Waals surface area (Å²) >= 11 is 3.67. The number of fused-ring (bicyclic) bond motifs is 1. The molecule has 0 bridgehead atoms. The van der Waals surface area contributed by atoms with E-state index in [0.717, 1.165) is 48.4 Å². The van der Waals surface area contributed by atoms with E-state index in [0.29, 0.717) is 0 Å². The van der Waals surface area contributed by atoms with E-state index in [1.165, 1.54) is 5.69 Å². The molecular weight excluding hydrogens is 332 g/mol. The van der Waals surface area contributed by atoms with Gasteiger partial charge in [0.05, 0.1) is 5.69 Å². The summed E-state index contributed by atoms with van der Waals surface area (Å²) in [6.45, 7) is 7.54. The third-order valence-electron chi connectivity index (χ3n) is 4.40. The van der Waals surface area contributed by atoms with E-state index in [-0.39, 0.29) is 11.9 Å². The zero-order chi connectivity index (χ0) is 15.0. The standard InChI is InChI=1S/C15H21BrN4O/c1-3-19-4-6-20(7-5-19)13-9-12-10(8-11(13)16)14(17-2)15(21)18-12/h8-9,14,17H,3-7H2,1-2H3,(H,18,21). The minimum Gasteiger partial charge on any atom is -0.368 e. The Kier molecular flexibility index (Phi) is 4.19. The van der Waals surface area contributed by atoms with Crippen LogP contribution < -0.4 is 15.5 Å². The van der Waals surface area contributed by atoms with Crippen LogP contribution in [0.15, 0.2) is 16.6 Å². The molecule has 2 aliphatic heterocycles. The number of piperazine rings is 1. The second-order valence-corrected chi connectivity index (χ2v) is 6.38. The number of halogens is 1. The van der Waals surface area contributed by atoms with Gasteiger partial charge in [0.15, 0.2) is 0 Å². The summed E-state index contributed by atoms with van der Waals surface area (Å²) in [5, 5.41) is 6.02. The number of carbonyl (C=O) groups is 1. The molecule has 1 saturated heterocycles. The van der Waals surface area contributed by atoms with Gasteiger partial charge in [-0.15, -0.1) is 0 Å². The summed E-state index contributed by atoms with van der Waals surface area (Å²) in [5.41, 5.74) is 3.11. The number of nitrogens with one attached hydrogen (secondary N) is 2. The fraction of sp³-hybridized carbons (Fsp3) is 0.533. The number of hydrogen-bond donors (Lipinski definition) is 2. The summed E-state index contributed by atoms with van der Waals surface area (Å²) in [6, 6.07) is 3.91. The lowest BCUT2D eigenvalue weighted by Gasteiger charge is -2.36. The molecule has 5 nitrogen and oxygen atoms in total. The van der Waals surface area contributed by atoms with Crippen molar-refractivity contribution < 1.29 is 4.79 Å². The molecule has 21 heavy (non-hydrogen) atoms. The van der Waals surface area contributed by atoms with Gasteiger partial charge in [-0.25, -0.2) is 0 Å². The second kappa shape index (κ2) is 5.94. The van der Waals surface area contributed by atoms with E-state index < -0.39 is 0 Å². The Bertz CT molecular complexity index is 555. The molecule has 0 spiro atoms. The van der Waals surface area contributed by atoms with Crippen LogP contribution in [0.25, 0.3) is 0 Å². The van der Waals surface area contributed by atoms with Gasteiger partial charge in [-0.05, 0) is 41.7 Å². The van der Waals surface area contributed by atoms with Crippen LogP contribution in [0.3, 0.4) is 0 Å². The van der Waals surface area contributed by atoms with Gasteiger partial charge in [0.1, 0.15) is 6.04 Å². The molecule has 1 unspecified atom stereocenters. The van der Waals surface area contributed by atoms with Crippen LogP contribution in [-0.2, 0) is 4.79 Å². The van der Waals surface area contributed by atoms with E-state index in [2.05, 4.69) is 55.4 Å². The lowest BCUT2D eigenvalue weighted by atomic mass is 10.1. The average molecular weight is 353 g/mol. The summed E-state index contributed by atoms with van der Waals surface area (Å²) in [6.07, 6.45) is 0. The van der Waals surface area contributed by atoms with Crippen molar-refractivity contribution in [3.8, 4) is 0 Å². The number of nitrogens with zero attached hydrogens (tertiary/aromatic N) is 2. The molecule has 1 aromatic carbocycles. The molecule has 0 aromatic heterocycles. The van der Waals surface area contributed by atoms with E-state index in [9.17, 15) is 4.79 Å². The van der Waals surface area contributed by atoms with Gasteiger partial charge in [0.25, 0.3) is 0 Å². The number of anilines is 2.